The molecule has 0 amide bonds. The highest BCUT2D eigenvalue weighted by atomic mass is 16.3. The van der Waals surface area contributed by atoms with Crippen molar-refractivity contribution in [2.24, 2.45) is 5.73 Å². The van der Waals surface area contributed by atoms with E-state index in [4.69, 9.17) is 10.8 Å². The maximum absolute atomic E-state index is 9.09. The van der Waals surface area contributed by atoms with Crippen LogP contribution in [0, 0.1) is 6.92 Å². The fourth-order valence-electron chi connectivity index (χ4n) is 1.61. The number of anilines is 1. The molecule has 0 saturated carbocycles. The molecule has 1 atom stereocenters. The van der Waals surface area contributed by atoms with E-state index in [1.54, 1.807) is 0 Å². The molecule has 0 spiro atoms. The molecule has 0 radical (unpaired) electrons. The molecule has 1 rings (SSSR count). The number of benzene rings is 1. The van der Waals surface area contributed by atoms with Crippen molar-refractivity contribution in [3.05, 3.63) is 29.8 Å². The highest BCUT2D eigenvalue weighted by Gasteiger charge is 2.17. The van der Waals surface area contributed by atoms with Gasteiger partial charge in [0.05, 0.1) is 6.61 Å². The second-order valence-corrected chi connectivity index (χ2v) is 4.77. The summed E-state index contributed by atoms with van der Waals surface area (Å²) in [4.78, 5) is 2.18. The van der Waals surface area contributed by atoms with Gasteiger partial charge in [-0.15, -0.1) is 0 Å². The Hall–Kier alpha value is -1.06. The third kappa shape index (κ3) is 3.51. The van der Waals surface area contributed by atoms with E-state index >= 15 is 0 Å². The highest BCUT2D eigenvalue weighted by Crippen LogP contribution is 2.18. The van der Waals surface area contributed by atoms with Crippen LogP contribution in [0.15, 0.2) is 24.3 Å². The van der Waals surface area contributed by atoms with E-state index in [2.05, 4.69) is 31.0 Å². The van der Waals surface area contributed by atoms with E-state index in [1.165, 1.54) is 11.3 Å². The third-order valence-electron chi connectivity index (χ3n) is 2.91. The second-order valence-electron chi connectivity index (χ2n) is 4.77. The zero-order valence-corrected chi connectivity index (χ0v) is 10.4. The van der Waals surface area contributed by atoms with Crippen LogP contribution in [-0.4, -0.2) is 30.8 Å². The summed E-state index contributed by atoms with van der Waals surface area (Å²) < 4.78 is 0. The van der Waals surface area contributed by atoms with Gasteiger partial charge in [0, 0.05) is 24.8 Å². The number of nitrogens with zero attached hydrogens (tertiary/aromatic N) is 1. The Morgan fingerprint density at radius 2 is 2.00 bits per heavy atom. The SMILES string of the molecule is Cc1ccccc1N(C)CCC(C)(N)CO. The van der Waals surface area contributed by atoms with Gasteiger partial charge in [0.2, 0.25) is 0 Å². The van der Waals surface area contributed by atoms with Crippen LogP contribution in [0.4, 0.5) is 5.69 Å². The number of aliphatic hydroxyl groups excluding tert-OH is 1. The standard InChI is InChI=1S/C13H22N2O/c1-11-6-4-5-7-12(11)15(3)9-8-13(2,14)10-16/h4-7,16H,8-10,14H2,1-3H3. The number of hydrogen-bond acceptors (Lipinski definition) is 3. The Kier molecular flexibility index (Phi) is 4.33. The third-order valence-corrected chi connectivity index (χ3v) is 2.91. The summed E-state index contributed by atoms with van der Waals surface area (Å²) in [5.74, 6) is 0. The van der Waals surface area contributed by atoms with Crippen LogP contribution >= 0.6 is 0 Å². The van der Waals surface area contributed by atoms with Crippen molar-refractivity contribution in [2.75, 3.05) is 25.1 Å². The normalized spacial score (nSPS) is 14.6. The number of para-hydroxylation sites is 1. The minimum absolute atomic E-state index is 0.0224. The Bertz CT molecular complexity index is 336. The number of aliphatic hydroxyl groups is 1. The molecular weight excluding hydrogens is 200 g/mol. The lowest BCUT2D eigenvalue weighted by atomic mass is 10.0. The Morgan fingerprint density at radius 1 is 1.38 bits per heavy atom. The van der Waals surface area contributed by atoms with Gasteiger partial charge in [-0.2, -0.15) is 0 Å². The summed E-state index contributed by atoms with van der Waals surface area (Å²) in [7, 11) is 2.05. The van der Waals surface area contributed by atoms with E-state index in [0.717, 1.165) is 13.0 Å². The number of hydrogen-bond donors (Lipinski definition) is 2. The molecule has 0 bridgehead atoms. The molecule has 3 heteroatoms. The van der Waals surface area contributed by atoms with Crippen molar-refractivity contribution in [3.63, 3.8) is 0 Å². The predicted octanol–water partition coefficient (Wildman–Crippen LogP) is 1.53. The van der Waals surface area contributed by atoms with Crippen LogP contribution < -0.4 is 10.6 Å². The first-order valence-electron chi connectivity index (χ1n) is 5.63. The second kappa shape index (κ2) is 5.32. The van der Waals surface area contributed by atoms with Gasteiger partial charge < -0.3 is 15.7 Å². The van der Waals surface area contributed by atoms with Gasteiger partial charge in [-0.3, -0.25) is 0 Å². The fraction of sp³-hybridized carbons (Fsp3) is 0.538. The molecule has 90 valence electrons. The van der Waals surface area contributed by atoms with Gasteiger partial charge in [0.15, 0.2) is 0 Å². The average Bonchev–Trinajstić information content (AvgIpc) is 2.27. The summed E-state index contributed by atoms with van der Waals surface area (Å²) in [6.45, 7) is 4.84. The molecule has 3 nitrogen and oxygen atoms in total. The highest BCUT2D eigenvalue weighted by molar-refractivity contribution is 5.52. The first-order chi connectivity index (χ1) is 7.46. The smallest absolute Gasteiger partial charge is 0.0609 e. The van der Waals surface area contributed by atoms with E-state index in [-0.39, 0.29) is 6.61 Å². The molecule has 0 aliphatic rings. The molecule has 0 heterocycles. The first kappa shape index (κ1) is 13.0. The molecule has 0 aliphatic carbocycles. The summed E-state index contributed by atoms with van der Waals surface area (Å²) in [6, 6.07) is 8.27. The molecule has 1 aromatic carbocycles. The molecule has 1 aromatic rings. The first-order valence-corrected chi connectivity index (χ1v) is 5.63. The van der Waals surface area contributed by atoms with Crippen molar-refractivity contribution in [1.29, 1.82) is 0 Å². The molecule has 0 fully saturated rings. The van der Waals surface area contributed by atoms with Crippen molar-refractivity contribution in [2.45, 2.75) is 25.8 Å². The van der Waals surface area contributed by atoms with Crippen LogP contribution in [0.5, 0.6) is 0 Å². The topological polar surface area (TPSA) is 49.5 Å². The minimum Gasteiger partial charge on any atom is -0.394 e. The molecule has 1 unspecified atom stereocenters. The summed E-state index contributed by atoms with van der Waals surface area (Å²) in [6.07, 6.45) is 0.772. The van der Waals surface area contributed by atoms with Gasteiger partial charge in [-0.05, 0) is 31.9 Å². The summed E-state index contributed by atoms with van der Waals surface area (Å²) in [5.41, 5.74) is 7.89. The summed E-state index contributed by atoms with van der Waals surface area (Å²) >= 11 is 0. The monoisotopic (exact) mass is 222 g/mol. The number of rotatable bonds is 5. The van der Waals surface area contributed by atoms with Gasteiger partial charge in [0.1, 0.15) is 0 Å². The number of nitrogens with two attached hydrogens (primary N) is 1. The molecular formula is C13H22N2O. The Balaban J connectivity index is 2.60. The van der Waals surface area contributed by atoms with Crippen LogP contribution in [0.1, 0.15) is 18.9 Å². The minimum atomic E-state index is -0.489. The van der Waals surface area contributed by atoms with Gasteiger partial charge in [-0.1, -0.05) is 18.2 Å². The van der Waals surface area contributed by atoms with Crippen molar-refractivity contribution in [3.8, 4) is 0 Å². The number of aryl methyl sites for hydroxylation is 1. The Labute approximate surface area is 97.9 Å². The molecule has 0 aliphatic heterocycles. The Morgan fingerprint density at radius 3 is 2.56 bits per heavy atom. The van der Waals surface area contributed by atoms with Crippen molar-refractivity contribution >= 4 is 5.69 Å². The zero-order chi connectivity index (χ0) is 12.2. The van der Waals surface area contributed by atoms with Crippen LogP contribution in [0.25, 0.3) is 0 Å². The molecule has 3 N–H and O–H groups in total. The molecule has 0 saturated heterocycles. The maximum Gasteiger partial charge on any atom is 0.0609 e. The van der Waals surface area contributed by atoms with Crippen LogP contribution in [0.3, 0.4) is 0 Å². The van der Waals surface area contributed by atoms with Gasteiger partial charge in [0.25, 0.3) is 0 Å². The van der Waals surface area contributed by atoms with Crippen LogP contribution in [0.2, 0.25) is 0 Å². The van der Waals surface area contributed by atoms with E-state index in [9.17, 15) is 0 Å². The molecule has 0 aromatic heterocycles. The zero-order valence-electron chi connectivity index (χ0n) is 10.4. The summed E-state index contributed by atoms with van der Waals surface area (Å²) in [5, 5.41) is 9.09. The molecule has 16 heavy (non-hydrogen) atoms. The fourth-order valence-corrected chi connectivity index (χ4v) is 1.61. The van der Waals surface area contributed by atoms with E-state index < -0.39 is 5.54 Å². The lowest BCUT2D eigenvalue weighted by Gasteiger charge is -2.27. The van der Waals surface area contributed by atoms with Crippen molar-refractivity contribution < 1.29 is 5.11 Å². The predicted molar refractivity (Wildman–Crippen MR) is 68.7 cm³/mol. The van der Waals surface area contributed by atoms with Crippen LogP contribution in [-0.2, 0) is 0 Å². The van der Waals surface area contributed by atoms with Gasteiger partial charge in [-0.25, -0.2) is 0 Å². The average molecular weight is 222 g/mol. The largest absolute Gasteiger partial charge is 0.394 e. The van der Waals surface area contributed by atoms with E-state index in [1.807, 2.05) is 19.1 Å². The van der Waals surface area contributed by atoms with E-state index in [0.29, 0.717) is 0 Å². The maximum atomic E-state index is 9.09. The van der Waals surface area contributed by atoms with Gasteiger partial charge >= 0.3 is 0 Å². The lowest BCUT2D eigenvalue weighted by molar-refractivity contribution is 0.202. The lowest BCUT2D eigenvalue weighted by Crippen LogP contribution is -2.43. The van der Waals surface area contributed by atoms with Crippen molar-refractivity contribution in [1.82, 2.24) is 0 Å². The quantitative estimate of drug-likeness (QED) is 0.794.